The molecular formula is C18H15NO. The summed E-state index contributed by atoms with van der Waals surface area (Å²) in [6.07, 6.45) is 6.43. The van der Waals surface area contributed by atoms with Crippen molar-refractivity contribution in [3.05, 3.63) is 71.8 Å². The Morgan fingerprint density at radius 1 is 0.850 bits per heavy atom. The predicted octanol–water partition coefficient (Wildman–Crippen LogP) is 3.95. The fraction of sp³-hybridized carbons (Fsp3) is 0.222. The smallest absolute Gasteiger partial charge is 0.167 e. The third-order valence-electron chi connectivity index (χ3n) is 5.03. The lowest BCUT2D eigenvalue weighted by Gasteiger charge is -2.41. The van der Waals surface area contributed by atoms with Gasteiger partial charge in [-0.25, -0.2) is 0 Å². The summed E-state index contributed by atoms with van der Waals surface area (Å²) in [4.78, 5) is 0. The minimum absolute atomic E-state index is 0.137. The molecule has 2 heterocycles. The first kappa shape index (κ1) is 10.6. The molecule has 0 fully saturated rings. The molecule has 1 N–H and O–H groups in total. The number of hydrogen-bond donors (Lipinski definition) is 1. The van der Waals surface area contributed by atoms with E-state index in [1.54, 1.807) is 0 Å². The molecule has 20 heavy (non-hydrogen) atoms. The highest BCUT2D eigenvalue weighted by atomic mass is 16.5. The molecule has 0 bridgehead atoms. The quantitative estimate of drug-likeness (QED) is 0.725. The van der Waals surface area contributed by atoms with Crippen LogP contribution in [0, 0.1) is 0 Å². The molecule has 2 atom stereocenters. The Morgan fingerprint density at radius 2 is 1.60 bits per heavy atom. The Hall–Kier alpha value is -2.22. The van der Waals surface area contributed by atoms with E-state index in [1.807, 2.05) is 0 Å². The molecule has 1 aliphatic carbocycles. The molecule has 0 aromatic heterocycles. The van der Waals surface area contributed by atoms with E-state index in [0.29, 0.717) is 0 Å². The summed E-state index contributed by atoms with van der Waals surface area (Å²) in [5.74, 6) is 1.03. The van der Waals surface area contributed by atoms with Crippen LogP contribution >= 0.6 is 0 Å². The van der Waals surface area contributed by atoms with Gasteiger partial charge in [0.05, 0.1) is 0 Å². The number of ether oxygens (including phenoxy) is 1. The van der Waals surface area contributed by atoms with Gasteiger partial charge in [0, 0.05) is 23.2 Å². The van der Waals surface area contributed by atoms with Crippen LogP contribution in [-0.2, 0) is 11.1 Å². The highest BCUT2D eigenvalue weighted by molar-refractivity contribution is 5.70. The normalized spacial score (nSPS) is 31.6. The topological polar surface area (TPSA) is 21.3 Å². The molecule has 2 aliphatic heterocycles. The number of rotatable bonds is 0. The first-order valence-corrected chi connectivity index (χ1v) is 7.17. The first-order valence-electron chi connectivity index (χ1n) is 7.17. The Kier molecular flexibility index (Phi) is 1.72. The summed E-state index contributed by atoms with van der Waals surface area (Å²) in [5.41, 5.74) is 3.39. The van der Waals surface area contributed by atoms with Crippen molar-refractivity contribution < 1.29 is 4.74 Å². The van der Waals surface area contributed by atoms with Crippen LogP contribution in [0.4, 0.5) is 5.69 Å². The fourth-order valence-electron chi connectivity index (χ4n) is 4.19. The van der Waals surface area contributed by atoms with Crippen LogP contribution in [0.25, 0.3) is 0 Å². The fourth-order valence-corrected chi connectivity index (χ4v) is 4.19. The van der Waals surface area contributed by atoms with Crippen LogP contribution in [0.1, 0.15) is 24.0 Å². The third-order valence-corrected chi connectivity index (χ3v) is 5.03. The lowest BCUT2D eigenvalue weighted by molar-refractivity contribution is 0.0335. The van der Waals surface area contributed by atoms with Crippen LogP contribution in [-0.4, -0.2) is 0 Å². The van der Waals surface area contributed by atoms with E-state index in [1.165, 1.54) is 16.8 Å². The molecule has 0 spiro atoms. The van der Waals surface area contributed by atoms with E-state index >= 15 is 0 Å². The van der Waals surface area contributed by atoms with Crippen molar-refractivity contribution in [2.45, 2.75) is 24.0 Å². The summed E-state index contributed by atoms with van der Waals surface area (Å²) in [5, 5.41) is 3.78. The molecule has 2 heteroatoms. The number of para-hydroxylation sites is 2. The van der Waals surface area contributed by atoms with Gasteiger partial charge >= 0.3 is 0 Å². The standard InChI is InChI=1S/C18H15NO/c1-3-9-15-13(7-1)18-12-6-5-11-17(18,19-15)14-8-2-4-10-16(14)20-18/h1-10,19H,11-12H2/t17-,18-/m0/s1. The van der Waals surface area contributed by atoms with Crippen molar-refractivity contribution in [3.8, 4) is 5.75 Å². The molecule has 3 aliphatic rings. The van der Waals surface area contributed by atoms with Gasteiger partial charge in [0.15, 0.2) is 5.60 Å². The Labute approximate surface area is 118 Å². The zero-order valence-electron chi connectivity index (χ0n) is 11.1. The molecule has 0 unspecified atom stereocenters. The summed E-state index contributed by atoms with van der Waals surface area (Å²) >= 11 is 0. The highest BCUT2D eigenvalue weighted by Gasteiger charge is 2.65. The lowest BCUT2D eigenvalue weighted by Crippen LogP contribution is -2.50. The zero-order valence-corrected chi connectivity index (χ0v) is 11.1. The SMILES string of the molecule is C1=CC[C@@]23Oc4ccccc4[C@]2(C1)Nc1ccccc13. The van der Waals surface area contributed by atoms with Gasteiger partial charge in [0.2, 0.25) is 0 Å². The Balaban J connectivity index is 1.86. The van der Waals surface area contributed by atoms with Gasteiger partial charge in [-0.2, -0.15) is 0 Å². The summed E-state index contributed by atoms with van der Waals surface area (Å²) in [6.45, 7) is 0. The highest BCUT2D eigenvalue weighted by Crippen LogP contribution is 2.64. The van der Waals surface area contributed by atoms with Gasteiger partial charge in [-0.15, -0.1) is 0 Å². The molecule has 2 aromatic rings. The van der Waals surface area contributed by atoms with Crippen LogP contribution in [0.5, 0.6) is 5.75 Å². The second-order valence-electron chi connectivity index (χ2n) is 5.88. The van der Waals surface area contributed by atoms with Gasteiger partial charge in [-0.05, 0) is 18.6 Å². The van der Waals surface area contributed by atoms with E-state index in [-0.39, 0.29) is 11.1 Å². The average Bonchev–Trinajstić information content (AvgIpc) is 2.94. The Bertz CT molecular complexity index is 687. The van der Waals surface area contributed by atoms with Gasteiger partial charge in [0.1, 0.15) is 11.3 Å². The zero-order chi connectivity index (χ0) is 13.2. The largest absolute Gasteiger partial charge is 0.479 e. The minimum atomic E-state index is -0.276. The van der Waals surface area contributed by atoms with Gasteiger partial charge in [-0.3, -0.25) is 0 Å². The number of hydrogen-bond acceptors (Lipinski definition) is 2. The van der Waals surface area contributed by atoms with Gasteiger partial charge < -0.3 is 10.1 Å². The van der Waals surface area contributed by atoms with E-state index < -0.39 is 0 Å². The van der Waals surface area contributed by atoms with Crippen LogP contribution in [0.3, 0.4) is 0 Å². The Morgan fingerprint density at radius 3 is 2.55 bits per heavy atom. The molecule has 2 nitrogen and oxygen atoms in total. The number of anilines is 1. The van der Waals surface area contributed by atoms with Crippen molar-refractivity contribution in [2.24, 2.45) is 0 Å². The van der Waals surface area contributed by atoms with Crippen LogP contribution in [0.15, 0.2) is 60.7 Å². The van der Waals surface area contributed by atoms with Crippen LogP contribution in [0.2, 0.25) is 0 Å². The van der Waals surface area contributed by atoms with Crippen molar-refractivity contribution >= 4 is 5.69 Å². The summed E-state index contributed by atoms with van der Waals surface area (Å²) in [6, 6.07) is 17.0. The third kappa shape index (κ3) is 0.965. The maximum Gasteiger partial charge on any atom is 0.167 e. The summed E-state index contributed by atoms with van der Waals surface area (Å²) < 4.78 is 6.53. The van der Waals surface area contributed by atoms with Gasteiger partial charge in [0.25, 0.3) is 0 Å². The second kappa shape index (κ2) is 3.26. The molecule has 0 amide bonds. The predicted molar refractivity (Wildman–Crippen MR) is 78.9 cm³/mol. The molecule has 0 saturated heterocycles. The maximum atomic E-state index is 6.53. The number of nitrogens with one attached hydrogen (secondary N) is 1. The van der Waals surface area contributed by atoms with Crippen molar-refractivity contribution in [1.29, 1.82) is 0 Å². The lowest BCUT2D eigenvalue weighted by atomic mass is 9.69. The van der Waals surface area contributed by atoms with Crippen molar-refractivity contribution in [2.75, 3.05) is 5.32 Å². The molecule has 0 radical (unpaired) electrons. The number of fused-ring (bicyclic) bond motifs is 2. The number of benzene rings is 2. The monoisotopic (exact) mass is 261 g/mol. The van der Waals surface area contributed by atoms with E-state index in [4.69, 9.17) is 4.74 Å². The van der Waals surface area contributed by atoms with E-state index in [2.05, 4.69) is 66.0 Å². The minimum Gasteiger partial charge on any atom is -0.479 e. The van der Waals surface area contributed by atoms with E-state index in [0.717, 1.165) is 18.6 Å². The second-order valence-corrected chi connectivity index (χ2v) is 5.88. The van der Waals surface area contributed by atoms with Crippen molar-refractivity contribution in [1.82, 2.24) is 0 Å². The molecular weight excluding hydrogens is 246 g/mol. The summed E-state index contributed by atoms with van der Waals surface area (Å²) in [7, 11) is 0. The molecule has 98 valence electrons. The molecule has 2 aromatic carbocycles. The van der Waals surface area contributed by atoms with Crippen LogP contribution < -0.4 is 10.1 Å². The maximum absolute atomic E-state index is 6.53. The first-order chi connectivity index (χ1) is 9.86. The van der Waals surface area contributed by atoms with E-state index in [9.17, 15) is 0 Å². The molecule has 5 rings (SSSR count). The average molecular weight is 261 g/mol. The van der Waals surface area contributed by atoms with Crippen molar-refractivity contribution in [3.63, 3.8) is 0 Å². The molecule has 0 saturated carbocycles. The van der Waals surface area contributed by atoms with Gasteiger partial charge in [-0.1, -0.05) is 48.6 Å².